The molecule has 120 valence electrons. The number of urea groups is 1. The van der Waals surface area contributed by atoms with Gasteiger partial charge in [-0.2, -0.15) is 0 Å². The molecule has 0 aromatic heterocycles. The molecule has 2 rings (SSSR count). The summed E-state index contributed by atoms with van der Waals surface area (Å²) in [7, 11) is 0. The molecule has 1 fully saturated rings. The van der Waals surface area contributed by atoms with Crippen LogP contribution in [0.25, 0.3) is 0 Å². The highest BCUT2D eigenvalue weighted by Gasteiger charge is 2.25. The quantitative estimate of drug-likeness (QED) is 0.926. The number of carbonyl (C=O) groups is 2. The average molecular weight is 303 g/mol. The van der Waals surface area contributed by atoms with Gasteiger partial charge in [-0.05, 0) is 5.56 Å². The third-order valence-electron chi connectivity index (χ3n) is 4.25. The van der Waals surface area contributed by atoms with Gasteiger partial charge in [-0.15, -0.1) is 0 Å². The van der Waals surface area contributed by atoms with Crippen molar-refractivity contribution in [2.45, 2.75) is 26.2 Å². The van der Waals surface area contributed by atoms with Crippen molar-refractivity contribution in [1.82, 2.24) is 15.1 Å². The van der Waals surface area contributed by atoms with E-state index in [2.05, 4.69) is 31.3 Å². The third-order valence-corrected chi connectivity index (χ3v) is 4.25. The number of piperazine rings is 1. The van der Waals surface area contributed by atoms with Crippen LogP contribution in [0, 0.1) is 0 Å². The molecule has 0 bridgehead atoms. The van der Waals surface area contributed by atoms with Gasteiger partial charge in [0.2, 0.25) is 5.91 Å². The lowest BCUT2D eigenvalue weighted by molar-refractivity contribution is -0.130. The Morgan fingerprint density at radius 2 is 1.59 bits per heavy atom. The molecule has 0 saturated carbocycles. The van der Waals surface area contributed by atoms with Crippen LogP contribution < -0.4 is 5.32 Å². The molecule has 0 radical (unpaired) electrons. The SMILES string of the molecule is CC(=O)N1CCN(C(=O)NCC(C)(C)c2ccccc2)CC1. The fraction of sp³-hybridized carbons (Fsp3) is 0.529. The smallest absolute Gasteiger partial charge is 0.317 e. The number of nitrogens with zero attached hydrogens (tertiary/aromatic N) is 2. The second-order valence-corrected chi connectivity index (χ2v) is 6.40. The predicted molar refractivity (Wildman–Crippen MR) is 86.7 cm³/mol. The van der Waals surface area contributed by atoms with Crippen molar-refractivity contribution in [2.24, 2.45) is 0 Å². The van der Waals surface area contributed by atoms with E-state index in [1.807, 2.05) is 18.2 Å². The summed E-state index contributed by atoms with van der Waals surface area (Å²) in [5.74, 6) is 0.0743. The van der Waals surface area contributed by atoms with Crippen molar-refractivity contribution in [2.75, 3.05) is 32.7 Å². The van der Waals surface area contributed by atoms with E-state index in [1.165, 1.54) is 5.56 Å². The van der Waals surface area contributed by atoms with Crippen molar-refractivity contribution >= 4 is 11.9 Å². The molecule has 1 N–H and O–H groups in total. The average Bonchev–Trinajstić information content (AvgIpc) is 2.53. The first-order chi connectivity index (χ1) is 10.4. The zero-order chi connectivity index (χ0) is 16.2. The highest BCUT2D eigenvalue weighted by atomic mass is 16.2. The molecular weight excluding hydrogens is 278 g/mol. The van der Waals surface area contributed by atoms with Gasteiger partial charge in [0.1, 0.15) is 0 Å². The van der Waals surface area contributed by atoms with Gasteiger partial charge in [0.15, 0.2) is 0 Å². The molecule has 0 spiro atoms. The largest absolute Gasteiger partial charge is 0.339 e. The number of nitrogens with one attached hydrogen (secondary N) is 1. The Bertz CT molecular complexity index is 520. The molecule has 22 heavy (non-hydrogen) atoms. The summed E-state index contributed by atoms with van der Waals surface area (Å²) in [4.78, 5) is 27.1. The van der Waals surface area contributed by atoms with Gasteiger partial charge in [0.05, 0.1) is 0 Å². The van der Waals surface area contributed by atoms with Gasteiger partial charge in [-0.25, -0.2) is 4.79 Å². The van der Waals surface area contributed by atoms with Crippen molar-refractivity contribution in [3.63, 3.8) is 0 Å². The lowest BCUT2D eigenvalue weighted by Crippen LogP contribution is -2.53. The second-order valence-electron chi connectivity index (χ2n) is 6.40. The lowest BCUT2D eigenvalue weighted by Gasteiger charge is -2.35. The van der Waals surface area contributed by atoms with E-state index < -0.39 is 0 Å². The lowest BCUT2D eigenvalue weighted by atomic mass is 9.85. The first-order valence-corrected chi connectivity index (χ1v) is 7.74. The number of benzene rings is 1. The van der Waals surface area contributed by atoms with Crippen LogP contribution in [-0.4, -0.2) is 54.5 Å². The Hall–Kier alpha value is -2.04. The summed E-state index contributed by atoms with van der Waals surface area (Å²) in [6, 6.07) is 10.1. The van der Waals surface area contributed by atoms with Gasteiger partial charge >= 0.3 is 6.03 Å². The van der Waals surface area contributed by atoms with E-state index in [-0.39, 0.29) is 17.4 Å². The molecule has 1 aromatic rings. The summed E-state index contributed by atoms with van der Waals surface area (Å²) >= 11 is 0. The molecule has 3 amide bonds. The van der Waals surface area contributed by atoms with Crippen LogP contribution in [0.4, 0.5) is 4.79 Å². The maximum Gasteiger partial charge on any atom is 0.317 e. The second kappa shape index (κ2) is 6.81. The van der Waals surface area contributed by atoms with Crippen LogP contribution in [-0.2, 0) is 10.2 Å². The Kier molecular flexibility index (Phi) is 5.06. The van der Waals surface area contributed by atoms with Crippen LogP contribution in [0.3, 0.4) is 0 Å². The van der Waals surface area contributed by atoms with Gasteiger partial charge in [-0.3, -0.25) is 4.79 Å². The first-order valence-electron chi connectivity index (χ1n) is 7.74. The normalized spacial score (nSPS) is 15.6. The van der Waals surface area contributed by atoms with Crippen LogP contribution in [0.1, 0.15) is 26.3 Å². The van der Waals surface area contributed by atoms with E-state index in [1.54, 1.807) is 16.7 Å². The van der Waals surface area contributed by atoms with Crippen LogP contribution in [0.5, 0.6) is 0 Å². The molecule has 1 aromatic carbocycles. The third kappa shape index (κ3) is 4.00. The van der Waals surface area contributed by atoms with Gasteiger partial charge in [0, 0.05) is 45.1 Å². The Balaban J connectivity index is 1.84. The van der Waals surface area contributed by atoms with E-state index in [0.717, 1.165) is 0 Å². The van der Waals surface area contributed by atoms with Crippen molar-refractivity contribution in [3.8, 4) is 0 Å². The summed E-state index contributed by atoms with van der Waals surface area (Å²) in [6.45, 7) is 8.82. The van der Waals surface area contributed by atoms with Crippen LogP contribution in [0.15, 0.2) is 30.3 Å². The highest BCUT2D eigenvalue weighted by Crippen LogP contribution is 2.21. The van der Waals surface area contributed by atoms with E-state index in [9.17, 15) is 9.59 Å². The number of carbonyl (C=O) groups excluding carboxylic acids is 2. The minimum absolute atomic E-state index is 0.0489. The van der Waals surface area contributed by atoms with E-state index >= 15 is 0 Å². The molecule has 0 aliphatic carbocycles. The fourth-order valence-corrected chi connectivity index (χ4v) is 2.62. The summed E-state index contributed by atoms with van der Waals surface area (Å²) < 4.78 is 0. The standard InChI is InChI=1S/C17H25N3O2/c1-14(21)19-9-11-20(12-10-19)16(22)18-13-17(2,3)15-7-5-4-6-8-15/h4-8H,9-13H2,1-3H3,(H,18,22). The maximum atomic E-state index is 12.3. The molecule has 1 aliphatic heterocycles. The molecule has 5 nitrogen and oxygen atoms in total. The minimum Gasteiger partial charge on any atom is -0.339 e. The molecule has 0 unspecified atom stereocenters. The van der Waals surface area contributed by atoms with Gasteiger partial charge in [-0.1, -0.05) is 44.2 Å². The zero-order valence-corrected chi connectivity index (χ0v) is 13.6. The van der Waals surface area contributed by atoms with E-state index in [4.69, 9.17) is 0 Å². The summed E-state index contributed by atoms with van der Waals surface area (Å²) in [6.07, 6.45) is 0. The Morgan fingerprint density at radius 3 is 2.14 bits per heavy atom. The Labute approximate surface area is 132 Å². The molecule has 5 heteroatoms. The Morgan fingerprint density at radius 1 is 1.05 bits per heavy atom. The summed E-state index contributed by atoms with van der Waals surface area (Å²) in [5, 5.41) is 3.02. The summed E-state index contributed by atoms with van der Waals surface area (Å²) in [5.41, 5.74) is 1.09. The topological polar surface area (TPSA) is 52.7 Å². The number of rotatable bonds is 3. The van der Waals surface area contributed by atoms with Crippen molar-refractivity contribution in [3.05, 3.63) is 35.9 Å². The minimum atomic E-state index is -0.113. The number of amides is 3. The number of hydrogen-bond donors (Lipinski definition) is 1. The molecule has 1 heterocycles. The van der Waals surface area contributed by atoms with Crippen LogP contribution >= 0.6 is 0 Å². The van der Waals surface area contributed by atoms with Crippen molar-refractivity contribution in [1.29, 1.82) is 0 Å². The first kappa shape index (κ1) is 16.3. The molecule has 1 aliphatic rings. The molecule has 1 saturated heterocycles. The maximum absolute atomic E-state index is 12.3. The highest BCUT2D eigenvalue weighted by molar-refractivity contribution is 5.76. The fourth-order valence-electron chi connectivity index (χ4n) is 2.62. The zero-order valence-electron chi connectivity index (χ0n) is 13.6. The van der Waals surface area contributed by atoms with Crippen LogP contribution in [0.2, 0.25) is 0 Å². The van der Waals surface area contributed by atoms with E-state index in [0.29, 0.717) is 32.7 Å². The monoisotopic (exact) mass is 303 g/mol. The predicted octanol–water partition coefficient (Wildman–Crippen LogP) is 1.84. The van der Waals surface area contributed by atoms with Gasteiger partial charge < -0.3 is 15.1 Å². The molecule has 0 atom stereocenters. The molecular formula is C17H25N3O2. The van der Waals surface area contributed by atoms with Gasteiger partial charge in [0.25, 0.3) is 0 Å². The van der Waals surface area contributed by atoms with Crippen molar-refractivity contribution < 1.29 is 9.59 Å². The number of hydrogen-bond acceptors (Lipinski definition) is 2.